The summed E-state index contributed by atoms with van der Waals surface area (Å²) in [5, 5.41) is 10.2. The molecule has 1 aliphatic heterocycles. The van der Waals surface area contributed by atoms with Crippen molar-refractivity contribution in [3.05, 3.63) is 23.8 Å². The lowest BCUT2D eigenvalue weighted by Gasteiger charge is -2.27. The zero-order valence-corrected chi connectivity index (χ0v) is 12.2. The minimum absolute atomic E-state index is 0.268. The van der Waals surface area contributed by atoms with E-state index in [0.29, 0.717) is 36.3 Å². The van der Waals surface area contributed by atoms with Crippen molar-refractivity contribution in [3.63, 3.8) is 0 Å². The van der Waals surface area contributed by atoms with Gasteiger partial charge in [0.1, 0.15) is 11.0 Å². The predicted octanol–water partition coefficient (Wildman–Crippen LogP) is 1.83. The Morgan fingerprint density at radius 3 is 2.82 bits per heavy atom. The summed E-state index contributed by atoms with van der Waals surface area (Å²) in [6.45, 7) is 3.21. The van der Waals surface area contributed by atoms with Gasteiger partial charge in [0.05, 0.1) is 6.61 Å². The molecule has 0 radical (unpaired) electrons. The zero-order valence-electron chi connectivity index (χ0n) is 12.2. The maximum atomic E-state index is 12.6. The number of aromatic nitrogens is 2. The number of fused-ring (bicyclic) bond motifs is 1. The summed E-state index contributed by atoms with van der Waals surface area (Å²) < 4.78 is 9.72. The maximum absolute atomic E-state index is 12.6. The second-order valence-corrected chi connectivity index (χ2v) is 4.99. The molecule has 0 spiro atoms. The molecule has 0 saturated carbocycles. The van der Waals surface area contributed by atoms with E-state index in [4.69, 9.17) is 4.74 Å². The molecule has 1 aliphatic rings. The Hall–Kier alpha value is -2.64. The summed E-state index contributed by atoms with van der Waals surface area (Å²) in [7, 11) is 0. The van der Waals surface area contributed by atoms with E-state index in [1.165, 1.54) is 10.0 Å². The van der Waals surface area contributed by atoms with E-state index in [2.05, 4.69) is 14.9 Å². The average molecular weight is 304 g/mol. The van der Waals surface area contributed by atoms with Gasteiger partial charge < -0.3 is 4.74 Å². The molecule has 1 fully saturated rings. The van der Waals surface area contributed by atoms with E-state index >= 15 is 0 Å². The second-order valence-electron chi connectivity index (χ2n) is 4.99. The first-order valence-corrected chi connectivity index (χ1v) is 7.19. The highest BCUT2D eigenvalue weighted by molar-refractivity contribution is 5.97. The lowest BCUT2D eigenvalue weighted by atomic mass is 10.2. The summed E-state index contributed by atoms with van der Waals surface area (Å²) in [5.74, 6) is -0.268. The molecule has 2 amide bonds. The number of rotatable bonds is 3. The quantitative estimate of drug-likeness (QED) is 0.859. The molecular formula is C14H16N4O4. The SMILES string of the molecule is CCCOC(=O)N1CCCN1C(=O)c1ccc2nonc2c1. The fourth-order valence-electron chi connectivity index (χ4n) is 2.34. The second kappa shape index (κ2) is 6.00. The third kappa shape index (κ3) is 2.59. The van der Waals surface area contributed by atoms with E-state index < -0.39 is 6.09 Å². The Labute approximate surface area is 126 Å². The number of carbonyl (C=O) groups is 2. The van der Waals surface area contributed by atoms with Gasteiger partial charge in [0, 0.05) is 18.7 Å². The van der Waals surface area contributed by atoms with Crippen LogP contribution in [-0.2, 0) is 4.74 Å². The van der Waals surface area contributed by atoms with Crippen molar-refractivity contribution in [2.75, 3.05) is 19.7 Å². The number of nitrogens with zero attached hydrogens (tertiary/aromatic N) is 4. The number of benzene rings is 1. The van der Waals surface area contributed by atoms with Crippen LogP contribution in [0.1, 0.15) is 30.1 Å². The van der Waals surface area contributed by atoms with Gasteiger partial charge >= 0.3 is 6.09 Å². The van der Waals surface area contributed by atoms with Crippen LogP contribution in [0.15, 0.2) is 22.8 Å². The van der Waals surface area contributed by atoms with Crippen LogP contribution in [0.2, 0.25) is 0 Å². The van der Waals surface area contributed by atoms with Crippen LogP contribution in [0.5, 0.6) is 0 Å². The van der Waals surface area contributed by atoms with Crippen LogP contribution in [0.3, 0.4) is 0 Å². The highest BCUT2D eigenvalue weighted by Gasteiger charge is 2.32. The van der Waals surface area contributed by atoms with Gasteiger partial charge in [-0.1, -0.05) is 6.92 Å². The molecule has 3 rings (SSSR count). The Bertz CT molecular complexity index is 699. The van der Waals surface area contributed by atoms with Crippen LogP contribution < -0.4 is 0 Å². The molecule has 8 nitrogen and oxygen atoms in total. The first-order chi connectivity index (χ1) is 10.7. The summed E-state index contributed by atoms with van der Waals surface area (Å²) in [4.78, 5) is 24.6. The molecule has 0 unspecified atom stereocenters. The highest BCUT2D eigenvalue weighted by atomic mass is 16.6. The van der Waals surface area contributed by atoms with Gasteiger partial charge in [0.2, 0.25) is 0 Å². The number of carbonyl (C=O) groups excluding carboxylic acids is 2. The molecule has 8 heteroatoms. The van der Waals surface area contributed by atoms with Crippen molar-refractivity contribution in [2.45, 2.75) is 19.8 Å². The minimum Gasteiger partial charge on any atom is -0.448 e. The van der Waals surface area contributed by atoms with Crippen molar-refractivity contribution in [2.24, 2.45) is 0 Å². The van der Waals surface area contributed by atoms with Gasteiger partial charge in [-0.3, -0.25) is 4.79 Å². The van der Waals surface area contributed by atoms with Gasteiger partial charge in [0.15, 0.2) is 0 Å². The standard InChI is InChI=1S/C14H16N4O4/c1-2-8-21-14(20)18-7-3-6-17(18)13(19)10-4-5-11-12(9-10)16-22-15-11/h4-5,9H,2-3,6-8H2,1H3. The third-order valence-corrected chi connectivity index (χ3v) is 3.41. The minimum atomic E-state index is -0.489. The smallest absolute Gasteiger partial charge is 0.428 e. The Morgan fingerprint density at radius 2 is 2.00 bits per heavy atom. The van der Waals surface area contributed by atoms with E-state index in [1.807, 2.05) is 6.92 Å². The number of hydrogen-bond acceptors (Lipinski definition) is 6. The van der Waals surface area contributed by atoms with Crippen LogP contribution in [0.25, 0.3) is 11.0 Å². The van der Waals surface area contributed by atoms with Crippen molar-refractivity contribution < 1.29 is 19.0 Å². The van der Waals surface area contributed by atoms with Crippen LogP contribution >= 0.6 is 0 Å². The molecule has 2 heterocycles. The predicted molar refractivity (Wildman–Crippen MR) is 75.8 cm³/mol. The Morgan fingerprint density at radius 1 is 1.23 bits per heavy atom. The van der Waals surface area contributed by atoms with Crippen LogP contribution in [0.4, 0.5) is 4.79 Å². The molecule has 0 bridgehead atoms. The number of hydrazine groups is 1. The molecule has 2 aromatic rings. The van der Waals surface area contributed by atoms with Gasteiger partial charge in [0.25, 0.3) is 5.91 Å². The molecule has 1 aromatic heterocycles. The average Bonchev–Trinajstić information content (AvgIpc) is 3.19. The summed E-state index contributed by atoms with van der Waals surface area (Å²) >= 11 is 0. The molecule has 0 aliphatic carbocycles. The van der Waals surface area contributed by atoms with Crippen LogP contribution in [0, 0.1) is 0 Å². The molecule has 1 aromatic carbocycles. The molecule has 22 heavy (non-hydrogen) atoms. The Balaban J connectivity index is 1.79. The fourth-order valence-corrected chi connectivity index (χ4v) is 2.34. The summed E-state index contributed by atoms with van der Waals surface area (Å²) in [6.07, 6.45) is 0.973. The normalized spacial score (nSPS) is 14.6. The summed E-state index contributed by atoms with van der Waals surface area (Å²) in [5.41, 5.74) is 1.51. The van der Waals surface area contributed by atoms with Crippen molar-refractivity contribution in [1.82, 2.24) is 20.3 Å². The molecule has 0 N–H and O–H groups in total. The number of hydrogen-bond donors (Lipinski definition) is 0. The van der Waals surface area contributed by atoms with Gasteiger partial charge in [-0.15, -0.1) is 0 Å². The van der Waals surface area contributed by atoms with E-state index in [1.54, 1.807) is 18.2 Å². The lowest BCUT2D eigenvalue weighted by molar-refractivity contribution is 0.0133. The molecule has 1 saturated heterocycles. The monoisotopic (exact) mass is 304 g/mol. The largest absolute Gasteiger partial charge is 0.448 e. The maximum Gasteiger partial charge on any atom is 0.428 e. The number of amides is 2. The van der Waals surface area contributed by atoms with E-state index in [9.17, 15) is 9.59 Å². The van der Waals surface area contributed by atoms with Crippen molar-refractivity contribution in [1.29, 1.82) is 0 Å². The lowest BCUT2D eigenvalue weighted by Crippen LogP contribution is -2.45. The third-order valence-electron chi connectivity index (χ3n) is 3.41. The zero-order chi connectivity index (χ0) is 15.5. The molecular weight excluding hydrogens is 288 g/mol. The first kappa shape index (κ1) is 14.3. The van der Waals surface area contributed by atoms with E-state index in [-0.39, 0.29) is 5.91 Å². The topological polar surface area (TPSA) is 88.8 Å². The van der Waals surface area contributed by atoms with Gasteiger partial charge in [-0.25, -0.2) is 19.4 Å². The highest BCUT2D eigenvalue weighted by Crippen LogP contribution is 2.18. The Kier molecular flexibility index (Phi) is 3.90. The summed E-state index contributed by atoms with van der Waals surface area (Å²) in [6, 6.07) is 4.90. The van der Waals surface area contributed by atoms with Gasteiger partial charge in [-0.05, 0) is 41.4 Å². The molecule has 116 valence electrons. The van der Waals surface area contributed by atoms with Gasteiger partial charge in [-0.2, -0.15) is 0 Å². The van der Waals surface area contributed by atoms with Crippen LogP contribution in [-0.4, -0.2) is 52.0 Å². The number of ether oxygens (including phenoxy) is 1. The van der Waals surface area contributed by atoms with E-state index in [0.717, 1.165) is 12.8 Å². The van der Waals surface area contributed by atoms with Crippen molar-refractivity contribution in [3.8, 4) is 0 Å². The van der Waals surface area contributed by atoms with Crippen molar-refractivity contribution >= 4 is 23.0 Å². The fraction of sp³-hybridized carbons (Fsp3) is 0.429. The molecule has 0 atom stereocenters. The first-order valence-electron chi connectivity index (χ1n) is 7.19.